The second-order valence-electron chi connectivity index (χ2n) is 10.4. The summed E-state index contributed by atoms with van der Waals surface area (Å²) in [5, 5.41) is 22.9. The monoisotopic (exact) mass is 557 g/mol. The molecule has 0 saturated carbocycles. The van der Waals surface area contributed by atoms with Gasteiger partial charge in [0.1, 0.15) is 23.6 Å². The summed E-state index contributed by atoms with van der Waals surface area (Å²) in [6.45, 7) is 7.28. The number of quaternary nitrogens is 1. The molecule has 5 rings (SSSR count). The number of hydroxylamine groups is 2. The molecule has 0 amide bonds. The summed E-state index contributed by atoms with van der Waals surface area (Å²) in [4.78, 5) is 8.36. The minimum absolute atomic E-state index is 0.182. The molecule has 3 aromatic rings. The molecule has 8 heteroatoms. The van der Waals surface area contributed by atoms with E-state index in [1.54, 1.807) is 6.07 Å². The van der Waals surface area contributed by atoms with Gasteiger partial charge in [-0.2, -0.15) is 0 Å². The predicted octanol–water partition coefficient (Wildman–Crippen LogP) is 7.61. The zero-order valence-corrected chi connectivity index (χ0v) is 23.4. The van der Waals surface area contributed by atoms with E-state index in [-0.39, 0.29) is 12.1 Å². The topological polar surface area (TPSA) is 78.8 Å². The van der Waals surface area contributed by atoms with Crippen LogP contribution in [0.15, 0.2) is 60.7 Å². The third-order valence-corrected chi connectivity index (χ3v) is 8.04. The van der Waals surface area contributed by atoms with Crippen LogP contribution < -0.4 is 9.38 Å². The van der Waals surface area contributed by atoms with Crippen molar-refractivity contribution in [2.75, 3.05) is 19.8 Å². The fourth-order valence-corrected chi connectivity index (χ4v) is 6.10. The summed E-state index contributed by atoms with van der Waals surface area (Å²) in [6.07, 6.45) is 2.49. The number of ether oxygens (including phenoxy) is 2. The molecule has 3 aromatic carbocycles. The van der Waals surface area contributed by atoms with Crippen molar-refractivity contribution in [1.29, 1.82) is 0 Å². The van der Waals surface area contributed by atoms with Gasteiger partial charge in [-0.1, -0.05) is 47.5 Å². The first-order chi connectivity index (χ1) is 18.1. The van der Waals surface area contributed by atoms with Crippen LogP contribution in [0.25, 0.3) is 11.1 Å². The molecule has 2 aliphatic heterocycles. The number of benzene rings is 3. The van der Waals surface area contributed by atoms with Gasteiger partial charge in [0.05, 0.1) is 13.2 Å². The molecule has 2 heterocycles. The second kappa shape index (κ2) is 11.2. The molecule has 0 aromatic heterocycles. The van der Waals surface area contributed by atoms with Gasteiger partial charge >= 0.3 is 0 Å². The molecule has 0 spiro atoms. The molecule has 38 heavy (non-hydrogen) atoms. The number of hydrogen-bond donors (Lipinski definition) is 1. The number of aryl methyl sites for hydroxylation is 1. The molecule has 1 saturated heterocycles. The van der Waals surface area contributed by atoms with Crippen LogP contribution in [0.4, 0.5) is 5.69 Å². The molecule has 2 unspecified atom stereocenters. The summed E-state index contributed by atoms with van der Waals surface area (Å²) >= 11 is 12.4. The van der Waals surface area contributed by atoms with E-state index in [4.69, 9.17) is 42.6 Å². The molecule has 0 radical (unpaired) electrons. The summed E-state index contributed by atoms with van der Waals surface area (Å²) in [5.74, 6) is 0.883. The lowest BCUT2D eigenvalue weighted by Gasteiger charge is -2.54. The maximum atomic E-state index is 14.8. The van der Waals surface area contributed by atoms with E-state index in [1.165, 1.54) is 0 Å². The lowest BCUT2D eigenvalue weighted by molar-refractivity contribution is -0.122. The van der Waals surface area contributed by atoms with Crippen molar-refractivity contribution in [1.82, 2.24) is 4.65 Å². The summed E-state index contributed by atoms with van der Waals surface area (Å²) in [6, 6.07) is 19.7. The van der Waals surface area contributed by atoms with Crippen molar-refractivity contribution in [2.45, 2.75) is 51.2 Å². The Morgan fingerprint density at radius 1 is 1.00 bits per heavy atom. The molecular weight excluding hydrogens is 525 g/mol. The number of carboxylic acid groups (broad SMARTS) is 1. The van der Waals surface area contributed by atoms with E-state index >= 15 is 0 Å². The minimum Gasteiger partial charge on any atom is -0.627 e. The predicted molar refractivity (Wildman–Crippen MR) is 153 cm³/mol. The largest absolute Gasteiger partial charge is 0.627 e. The van der Waals surface area contributed by atoms with Crippen molar-refractivity contribution < 1.29 is 19.4 Å². The number of likely N-dealkylation sites (N-methyl/N-ethyl adjacent to an activating group) is 1. The Bertz CT molecular complexity index is 1270. The van der Waals surface area contributed by atoms with Gasteiger partial charge in [-0.25, -0.2) is 0 Å². The Hall–Kier alpha value is -2.61. The van der Waals surface area contributed by atoms with Crippen molar-refractivity contribution in [3.63, 3.8) is 0 Å². The van der Waals surface area contributed by atoms with Crippen LogP contribution in [0, 0.1) is 5.21 Å². The van der Waals surface area contributed by atoms with Gasteiger partial charge in [0.25, 0.3) is 6.47 Å². The van der Waals surface area contributed by atoms with E-state index in [0.29, 0.717) is 36.2 Å². The normalized spacial score (nSPS) is 21.3. The number of halogens is 2. The lowest BCUT2D eigenvalue weighted by Crippen LogP contribution is -2.60. The molecule has 0 aliphatic carbocycles. The van der Waals surface area contributed by atoms with Crippen molar-refractivity contribution in [3.05, 3.63) is 87.0 Å². The van der Waals surface area contributed by atoms with Crippen LogP contribution in [0.5, 0.6) is 5.75 Å². The molecule has 6 nitrogen and oxygen atoms in total. The Morgan fingerprint density at radius 3 is 2.24 bits per heavy atom. The third kappa shape index (κ3) is 5.42. The molecule has 1 fully saturated rings. The minimum atomic E-state index is -0.720. The summed E-state index contributed by atoms with van der Waals surface area (Å²) < 4.78 is 11.6. The van der Waals surface area contributed by atoms with E-state index in [0.717, 1.165) is 46.5 Å². The van der Waals surface area contributed by atoms with E-state index in [1.807, 2.05) is 43.3 Å². The molecule has 2 aliphatic rings. The van der Waals surface area contributed by atoms with Crippen molar-refractivity contribution >= 4 is 35.4 Å². The number of fused-ring (bicyclic) bond motifs is 1. The van der Waals surface area contributed by atoms with E-state index < -0.39 is 10.2 Å². The van der Waals surface area contributed by atoms with E-state index in [9.17, 15) is 5.21 Å². The maximum absolute atomic E-state index is 14.8. The van der Waals surface area contributed by atoms with Crippen LogP contribution in [0.2, 0.25) is 10.0 Å². The number of carbonyl (C=O) groups is 1. The number of hydrogen-bond acceptors (Lipinski definition) is 4. The number of nitrogens with zero attached hydrogens (tertiary/aromatic N) is 1. The summed E-state index contributed by atoms with van der Waals surface area (Å²) in [7, 11) is 0. The Kier molecular flexibility index (Phi) is 8.40. The molecule has 2 atom stereocenters. The summed E-state index contributed by atoms with van der Waals surface area (Å²) in [5.41, 5.74) is 3.89. The van der Waals surface area contributed by atoms with Gasteiger partial charge in [0, 0.05) is 39.7 Å². The lowest BCUT2D eigenvalue weighted by atomic mass is 9.84. The van der Waals surface area contributed by atoms with Crippen LogP contribution in [-0.2, 0) is 21.5 Å². The first kappa shape index (κ1) is 28.4. The van der Waals surface area contributed by atoms with Crippen LogP contribution in [0.1, 0.15) is 44.7 Å². The Balaban J connectivity index is 0.00000107. The van der Waals surface area contributed by atoms with E-state index in [2.05, 4.69) is 32.0 Å². The highest BCUT2D eigenvalue weighted by molar-refractivity contribution is 6.35. The van der Waals surface area contributed by atoms with Gasteiger partial charge < -0.3 is 24.4 Å². The smallest absolute Gasteiger partial charge is 0.290 e. The van der Waals surface area contributed by atoms with Gasteiger partial charge in [-0.3, -0.25) is 4.79 Å². The molecule has 202 valence electrons. The Morgan fingerprint density at radius 2 is 1.66 bits per heavy atom. The van der Waals surface area contributed by atoms with Gasteiger partial charge in [0.15, 0.2) is 5.54 Å². The SMILES string of the molecule is CC[N+]([O-])(c1ccc2c(c1)CCC(C)(C)O2)C1(c2ccc(-c3cc(Cl)cc(Cl)c3)cc2)CCOC1.O=CO. The van der Waals surface area contributed by atoms with Crippen molar-refractivity contribution in [3.8, 4) is 16.9 Å². The van der Waals surface area contributed by atoms with Crippen LogP contribution in [0.3, 0.4) is 0 Å². The average Bonchev–Trinajstić information content (AvgIpc) is 3.39. The molecular formula is C30H33Cl2NO5. The van der Waals surface area contributed by atoms with Gasteiger partial charge in [0.2, 0.25) is 0 Å². The van der Waals surface area contributed by atoms with Gasteiger partial charge in [-0.05, 0) is 69.0 Å². The highest BCUT2D eigenvalue weighted by Gasteiger charge is 2.51. The first-order valence-electron chi connectivity index (χ1n) is 12.7. The third-order valence-electron chi connectivity index (χ3n) is 7.60. The highest BCUT2D eigenvalue weighted by Crippen LogP contribution is 2.47. The number of rotatable bonds is 5. The zero-order valence-electron chi connectivity index (χ0n) is 21.9. The second-order valence-corrected chi connectivity index (χ2v) is 11.3. The standard InChI is InChI=1S/C29H31Cl2NO3.CH2O2/c1-4-32(33,26-9-10-27-21(17-26)11-12-28(2,3)35-27)29(13-14-34-19-29)23-7-5-20(6-8-23)22-15-24(30)18-25(31)16-22;2-1-3/h5-10,15-18H,4,11-14,19H2,1-3H3;1H,(H,2,3). The Labute approximate surface area is 233 Å². The quantitative estimate of drug-likeness (QED) is 0.198. The molecule has 0 bridgehead atoms. The van der Waals surface area contributed by atoms with Gasteiger partial charge in [-0.15, -0.1) is 0 Å². The molecule has 1 N–H and O–H groups in total. The van der Waals surface area contributed by atoms with Crippen LogP contribution >= 0.6 is 23.2 Å². The highest BCUT2D eigenvalue weighted by atomic mass is 35.5. The maximum Gasteiger partial charge on any atom is 0.290 e. The fourth-order valence-electron chi connectivity index (χ4n) is 5.57. The average molecular weight is 559 g/mol. The van der Waals surface area contributed by atoms with Crippen LogP contribution in [-0.4, -0.2) is 36.9 Å². The first-order valence-corrected chi connectivity index (χ1v) is 13.5. The zero-order chi connectivity index (χ0) is 27.6. The van der Waals surface area contributed by atoms with Crippen molar-refractivity contribution in [2.24, 2.45) is 0 Å². The fraction of sp³-hybridized carbons (Fsp3) is 0.367.